The third-order valence-electron chi connectivity index (χ3n) is 5.89. The Kier molecular flexibility index (Phi) is 5.09. The third-order valence-corrected chi connectivity index (χ3v) is 5.89. The predicted octanol–water partition coefficient (Wildman–Crippen LogP) is 7.04. The lowest BCUT2D eigenvalue weighted by Gasteiger charge is -2.17. The number of aromatic nitrogens is 2. The maximum Gasteiger partial charge on any atom is 0.221 e. The molecule has 1 aromatic heterocycles. The summed E-state index contributed by atoms with van der Waals surface area (Å²) in [6.07, 6.45) is 3.09. The maximum atomic E-state index is 6.30. The van der Waals surface area contributed by atoms with Crippen LogP contribution in [0, 0.1) is 0 Å². The topological polar surface area (TPSA) is 51.8 Å². The fourth-order valence-corrected chi connectivity index (χ4v) is 4.40. The number of rotatable bonds is 5. The molecule has 0 amide bonds. The van der Waals surface area contributed by atoms with Crippen molar-refractivity contribution in [3.8, 4) is 22.5 Å². The van der Waals surface area contributed by atoms with Crippen LogP contribution in [0.25, 0.3) is 44.1 Å². The zero-order valence-corrected chi connectivity index (χ0v) is 17.7. The average molecular weight is 404 g/mol. The van der Waals surface area contributed by atoms with Crippen molar-refractivity contribution in [1.82, 2.24) is 9.97 Å². The summed E-state index contributed by atoms with van der Waals surface area (Å²) in [6.45, 7) is 2.22. The summed E-state index contributed by atoms with van der Waals surface area (Å²) < 4.78 is 0. The van der Waals surface area contributed by atoms with Gasteiger partial charge in [0.05, 0.1) is 11.4 Å². The Morgan fingerprint density at radius 2 is 1.13 bits per heavy atom. The molecule has 4 aromatic carbocycles. The smallest absolute Gasteiger partial charge is 0.221 e. The first-order valence-electron chi connectivity index (χ1n) is 10.9. The largest absolute Gasteiger partial charge is 0.368 e. The number of hydrogen-bond acceptors (Lipinski definition) is 3. The Labute approximate surface area is 182 Å². The fraction of sp³-hybridized carbons (Fsp3) is 0.143. The molecule has 31 heavy (non-hydrogen) atoms. The first kappa shape index (κ1) is 19.3. The molecule has 0 aliphatic rings. The van der Waals surface area contributed by atoms with Gasteiger partial charge in [0.1, 0.15) is 0 Å². The molecule has 0 aliphatic heterocycles. The second-order valence-corrected chi connectivity index (χ2v) is 7.91. The van der Waals surface area contributed by atoms with E-state index in [9.17, 15) is 0 Å². The molecule has 0 spiro atoms. The molecule has 0 saturated heterocycles. The zero-order chi connectivity index (χ0) is 21.2. The molecule has 0 unspecified atom stereocenters. The second-order valence-electron chi connectivity index (χ2n) is 7.91. The number of benzene rings is 4. The molecule has 3 heteroatoms. The van der Waals surface area contributed by atoms with E-state index in [4.69, 9.17) is 15.7 Å². The summed E-state index contributed by atoms with van der Waals surface area (Å²) in [6, 6.07) is 29.6. The quantitative estimate of drug-likeness (QED) is 0.342. The summed E-state index contributed by atoms with van der Waals surface area (Å²) in [5.41, 5.74) is 11.6. The molecule has 5 rings (SSSR count). The van der Waals surface area contributed by atoms with E-state index in [1.54, 1.807) is 0 Å². The van der Waals surface area contributed by atoms with E-state index in [0.717, 1.165) is 41.8 Å². The molecule has 2 N–H and O–H groups in total. The van der Waals surface area contributed by atoms with Gasteiger partial charge in [-0.05, 0) is 34.4 Å². The van der Waals surface area contributed by atoms with E-state index in [1.165, 1.54) is 27.1 Å². The molecule has 3 nitrogen and oxygen atoms in total. The SMILES string of the molecule is CCCCc1c(-c2cccc3ccccc23)nc(N)nc1-c1cccc2ccccc12. The van der Waals surface area contributed by atoms with Crippen molar-refractivity contribution in [2.75, 3.05) is 5.73 Å². The molecule has 1 heterocycles. The summed E-state index contributed by atoms with van der Waals surface area (Å²) >= 11 is 0. The highest BCUT2D eigenvalue weighted by molar-refractivity contribution is 6.00. The minimum Gasteiger partial charge on any atom is -0.368 e. The van der Waals surface area contributed by atoms with E-state index < -0.39 is 0 Å². The van der Waals surface area contributed by atoms with Gasteiger partial charge in [0, 0.05) is 16.7 Å². The molecule has 152 valence electrons. The standard InChI is InChI=1S/C28H25N3/c1-2-3-14-25-26(23-17-8-12-19-10-4-6-15-21(19)23)30-28(29)31-27(25)24-18-9-13-20-11-5-7-16-22(20)24/h4-13,15-18H,2-3,14H2,1H3,(H2,29,30,31). The number of nitrogens with zero attached hydrogens (tertiary/aromatic N) is 2. The van der Waals surface area contributed by atoms with Gasteiger partial charge in [-0.25, -0.2) is 9.97 Å². The van der Waals surface area contributed by atoms with Crippen molar-refractivity contribution in [3.63, 3.8) is 0 Å². The van der Waals surface area contributed by atoms with Gasteiger partial charge in [-0.2, -0.15) is 0 Å². The lowest BCUT2D eigenvalue weighted by atomic mass is 9.92. The van der Waals surface area contributed by atoms with Crippen molar-refractivity contribution in [2.45, 2.75) is 26.2 Å². The molecule has 0 saturated carbocycles. The van der Waals surface area contributed by atoms with Crippen LogP contribution in [0.2, 0.25) is 0 Å². The molecular weight excluding hydrogens is 378 g/mol. The lowest BCUT2D eigenvalue weighted by molar-refractivity contribution is 0.792. The Bertz CT molecular complexity index is 1280. The number of anilines is 1. The number of nitrogens with two attached hydrogens (primary N) is 1. The maximum absolute atomic E-state index is 6.30. The van der Waals surface area contributed by atoms with Gasteiger partial charge in [-0.3, -0.25) is 0 Å². The van der Waals surface area contributed by atoms with Crippen LogP contribution >= 0.6 is 0 Å². The van der Waals surface area contributed by atoms with E-state index in [0.29, 0.717) is 5.95 Å². The van der Waals surface area contributed by atoms with Gasteiger partial charge < -0.3 is 5.73 Å². The fourth-order valence-electron chi connectivity index (χ4n) is 4.40. The van der Waals surface area contributed by atoms with Crippen molar-refractivity contribution < 1.29 is 0 Å². The number of fused-ring (bicyclic) bond motifs is 2. The molecular formula is C28H25N3. The van der Waals surface area contributed by atoms with Crippen LogP contribution in [0.1, 0.15) is 25.3 Å². The monoisotopic (exact) mass is 403 g/mol. The Morgan fingerprint density at radius 3 is 1.65 bits per heavy atom. The minimum atomic E-state index is 0.311. The zero-order valence-electron chi connectivity index (χ0n) is 17.7. The number of unbranched alkanes of at least 4 members (excludes halogenated alkanes) is 1. The molecule has 0 radical (unpaired) electrons. The average Bonchev–Trinajstić information content (AvgIpc) is 2.82. The van der Waals surface area contributed by atoms with E-state index in [1.807, 2.05) is 0 Å². The van der Waals surface area contributed by atoms with Gasteiger partial charge in [0.15, 0.2) is 0 Å². The first-order valence-corrected chi connectivity index (χ1v) is 10.9. The van der Waals surface area contributed by atoms with Crippen LogP contribution in [0.4, 0.5) is 5.95 Å². The van der Waals surface area contributed by atoms with E-state index in [-0.39, 0.29) is 0 Å². The van der Waals surface area contributed by atoms with Crippen LogP contribution in [-0.2, 0) is 6.42 Å². The number of hydrogen-bond donors (Lipinski definition) is 1. The van der Waals surface area contributed by atoms with Crippen molar-refractivity contribution in [3.05, 3.63) is 90.5 Å². The third kappa shape index (κ3) is 3.53. The van der Waals surface area contributed by atoms with Gasteiger partial charge in [0.25, 0.3) is 0 Å². The van der Waals surface area contributed by atoms with Gasteiger partial charge >= 0.3 is 0 Å². The van der Waals surface area contributed by atoms with Crippen molar-refractivity contribution in [1.29, 1.82) is 0 Å². The van der Waals surface area contributed by atoms with Gasteiger partial charge in [-0.1, -0.05) is 98.3 Å². The van der Waals surface area contributed by atoms with Crippen molar-refractivity contribution in [2.24, 2.45) is 0 Å². The normalized spacial score (nSPS) is 11.3. The Morgan fingerprint density at radius 1 is 0.645 bits per heavy atom. The van der Waals surface area contributed by atoms with Crippen LogP contribution in [-0.4, -0.2) is 9.97 Å². The minimum absolute atomic E-state index is 0.311. The summed E-state index contributed by atoms with van der Waals surface area (Å²) in [5, 5.41) is 4.77. The Hall–Kier alpha value is -3.72. The van der Waals surface area contributed by atoms with Crippen LogP contribution < -0.4 is 5.73 Å². The van der Waals surface area contributed by atoms with Crippen LogP contribution in [0.15, 0.2) is 84.9 Å². The van der Waals surface area contributed by atoms with Crippen LogP contribution in [0.3, 0.4) is 0 Å². The number of nitrogen functional groups attached to an aromatic ring is 1. The van der Waals surface area contributed by atoms with Gasteiger partial charge in [0.2, 0.25) is 5.95 Å². The molecule has 0 atom stereocenters. The molecule has 0 bridgehead atoms. The molecule has 0 aliphatic carbocycles. The Balaban J connectivity index is 1.83. The van der Waals surface area contributed by atoms with Gasteiger partial charge in [-0.15, -0.1) is 0 Å². The first-order chi connectivity index (χ1) is 15.3. The highest BCUT2D eigenvalue weighted by atomic mass is 15.0. The second kappa shape index (κ2) is 8.19. The summed E-state index contributed by atoms with van der Waals surface area (Å²) in [5.74, 6) is 0.311. The summed E-state index contributed by atoms with van der Waals surface area (Å²) in [4.78, 5) is 9.56. The van der Waals surface area contributed by atoms with E-state index >= 15 is 0 Å². The van der Waals surface area contributed by atoms with Crippen LogP contribution in [0.5, 0.6) is 0 Å². The molecule has 0 fully saturated rings. The predicted molar refractivity (Wildman–Crippen MR) is 131 cm³/mol. The highest BCUT2D eigenvalue weighted by Crippen LogP contribution is 2.37. The summed E-state index contributed by atoms with van der Waals surface area (Å²) in [7, 11) is 0. The van der Waals surface area contributed by atoms with E-state index in [2.05, 4.69) is 91.9 Å². The lowest BCUT2D eigenvalue weighted by Crippen LogP contribution is -2.06. The highest BCUT2D eigenvalue weighted by Gasteiger charge is 2.19. The van der Waals surface area contributed by atoms with Crippen molar-refractivity contribution >= 4 is 27.5 Å². The molecule has 5 aromatic rings.